The number of allylic oxidation sites excluding steroid dienone is 12. The molecule has 2 atom stereocenters. The molecule has 0 bridgehead atoms. The highest BCUT2D eigenvalue weighted by Crippen LogP contribution is 2.21. The lowest BCUT2D eigenvalue weighted by molar-refractivity contribution is -0.180. The highest BCUT2D eigenvalue weighted by atomic mass is 16.7. The molecule has 0 aromatic carbocycles. The molecule has 2 N–H and O–H groups in total. The first-order chi connectivity index (χ1) is 28.9. The van der Waals surface area contributed by atoms with Crippen LogP contribution in [0.25, 0.3) is 0 Å². The lowest BCUT2D eigenvalue weighted by Gasteiger charge is -2.16. The summed E-state index contributed by atoms with van der Waals surface area (Å²) in [6, 6.07) is 0. The molecule has 60 heavy (non-hydrogen) atoms. The predicted octanol–water partition coefficient (Wildman–Crippen LogP) is 11.0. The number of nitrogens with zero attached hydrogens (tertiary/aromatic N) is 2. The van der Waals surface area contributed by atoms with E-state index in [9.17, 15) is 19.2 Å². The van der Waals surface area contributed by atoms with E-state index >= 15 is 0 Å². The minimum atomic E-state index is -0.675. The van der Waals surface area contributed by atoms with Gasteiger partial charge in [0.05, 0.1) is 19.2 Å². The number of likely N-dealkylation sites (N-methyl/N-ethyl adjacent to an activating group) is 2. The molecule has 0 radical (unpaired) electrons. The molecule has 0 unspecified atom stereocenters. The van der Waals surface area contributed by atoms with Crippen molar-refractivity contribution in [1.82, 2.24) is 9.80 Å². The van der Waals surface area contributed by atoms with E-state index in [-0.39, 0.29) is 37.7 Å². The fourth-order valence-corrected chi connectivity index (χ4v) is 5.60. The molecule has 1 heterocycles. The van der Waals surface area contributed by atoms with Crippen molar-refractivity contribution in [2.45, 2.75) is 167 Å². The summed E-state index contributed by atoms with van der Waals surface area (Å²) in [7, 11) is 7.19. The van der Waals surface area contributed by atoms with Gasteiger partial charge < -0.3 is 24.4 Å². The number of carboxylic acids is 2. The Bertz CT molecular complexity index is 1180. The third kappa shape index (κ3) is 48.6. The Morgan fingerprint density at radius 2 is 0.917 bits per heavy atom. The second kappa shape index (κ2) is 44.7. The van der Waals surface area contributed by atoms with Crippen LogP contribution < -0.4 is 0 Å². The Labute approximate surface area is 364 Å². The summed E-state index contributed by atoms with van der Waals surface area (Å²) in [6.45, 7) is 4.97. The van der Waals surface area contributed by atoms with Crippen molar-refractivity contribution in [2.24, 2.45) is 0 Å². The van der Waals surface area contributed by atoms with Gasteiger partial charge in [0.2, 0.25) is 6.29 Å². The summed E-state index contributed by atoms with van der Waals surface area (Å²) >= 11 is 0. The van der Waals surface area contributed by atoms with Gasteiger partial charge in [-0.2, -0.15) is 0 Å². The van der Waals surface area contributed by atoms with Crippen molar-refractivity contribution >= 4 is 23.9 Å². The molecule has 344 valence electrons. The van der Waals surface area contributed by atoms with E-state index in [2.05, 4.69) is 86.8 Å². The van der Waals surface area contributed by atoms with Gasteiger partial charge >= 0.3 is 23.9 Å². The van der Waals surface area contributed by atoms with E-state index in [0.29, 0.717) is 19.3 Å². The Balaban J connectivity index is 0. The van der Waals surface area contributed by atoms with Gasteiger partial charge in [0.15, 0.2) is 0 Å². The monoisotopic (exact) mass is 845 g/mol. The molecule has 0 amide bonds. The van der Waals surface area contributed by atoms with E-state index in [4.69, 9.17) is 24.4 Å². The third-order valence-electron chi connectivity index (χ3n) is 8.74. The average molecular weight is 845 g/mol. The van der Waals surface area contributed by atoms with Gasteiger partial charge in [-0.05, 0) is 112 Å². The highest BCUT2D eigenvalue weighted by molar-refractivity contribution is 5.72. The minimum absolute atomic E-state index is 0.196. The number of aliphatic carboxylic acids is 2. The number of esters is 2. The number of carbonyl (C=O) groups excluding carboxylic acids is 2. The first kappa shape index (κ1) is 58.3. The van der Waals surface area contributed by atoms with Gasteiger partial charge in [-0.15, -0.1) is 0 Å². The van der Waals surface area contributed by atoms with Gasteiger partial charge in [-0.3, -0.25) is 29.0 Å². The van der Waals surface area contributed by atoms with Crippen LogP contribution in [-0.2, 0) is 33.4 Å². The maximum absolute atomic E-state index is 11.5. The van der Waals surface area contributed by atoms with E-state index in [1.165, 1.54) is 25.7 Å². The molecule has 11 heteroatoms. The van der Waals surface area contributed by atoms with Crippen molar-refractivity contribution in [3.63, 3.8) is 0 Å². The second-order valence-corrected chi connectivity index (χ2v) is 15.4. The van der Waals surface area contributed by atoms with Crippen molar-refractivity contribution in [3.8, 4) is 0 Å². The Morgan fingerprint density at radius 3 is 1.33 bits per heavy atom. The summed E-state index contributed by atoms with van der Waals surface area (Å²) < 4.78 is 15.8. The van der Waals surface area contributed by atoms with Crippen LogP contribution in [0.2, 0.25) is 0 Å². The van der Waals surface area contributed by atoms with Crippen LogP contribution in [0.4, 0.5) is 0 Å². The lowest BCUT2D eigenvalue weighted by Crippen LogP contribution is -2.29. The molecule has 0 aromatic heterocycles. The molecule has 1 aliphatic heterocycles. The van der Waals surface area contributed by atoms with Crippen LogP contribution >= 0.6 is 0 Å². The Hall–Kier alpha value is -3.80. The van der Waals surface area contributed by atoms with Crippen LogP contribution in [0.15, 0.2) is 72.9 Å². The van der Waals surface area contributed by atoms with Crippen LogP contribution in [0.3, 0.4) is 0 Å². The Morgan fingerprint density at radius 1 is 0.533 bits per heavy atom. The van der Waals surface area contributed by atoms with Crippen molar-refractivity contribution in [3.05, 3.63) is 72.9 Å². The zero-order chi connectivity index (χ0) is 44.9. The largest absolute Gasteiger partial charge is 0.481 e. The molecule has 1 fully saturated rings. The highest BCUT2D eigenvalue weighted by Gasteiger charge is 2.29. The maximum atomic E-state index is 11.5. The van der Waals surface area contributed by atoms with Gasteiger partial charge in [0.25, 0.3) is 0 Å². The molecule has 1 saturated heterocycles. The molecule has 11 nitrogen and oxygen atoms in total. The van der Waals surface area contributed by atoms with Crippen LogP contribution in [0, 0.1) is 0 Å². The summed E-state index contributed by atoms with van der Waals surface area (Å²) in [5.41, 5.74) is 0. The van der Waals surface area contributed by atoms with Gasteiger partial charge in [-0.1, -0.05) is 125 Å². The normalized spacial score (nSPS) is 15.5. The number of carboxylic acid groups (broad SMARTS) is 2. The number of hydrogen-bond acceptors (Lipinski definition) is 9. The summed E-state index contributed by atoms with van der Waals surface area (Å²) in [6.07, 6.45) is 47.4. The summed E-state index contributed by atoms with van der Waals surface area (Å²) in [5.74, 6) is -1.95. The van der Waals surface area contributed by atoms with Gasteiger partial charge in [-0.25, -0.2) is 0 Å². The maximum Gasteiger partial charge on any atom is 0.322 e. The van der Waals surface area contributed by atoms with E-state index in [1.54, 1.807) is 38.0 Å². The van der Waals surface area contributed by atoms with Crippen LogP contribution in [-0.4, -0.2) is 104 Å². The molecule has 0 spiro atoms. The third-order valence-corrected chi connectivity index (χ3v) is 8.74. The number of unbranched alkanes of at least 4 members (excludes halogenated alkanes) is 10. The van der Waals surface area contributed by atoms with Gasteiger partial charge in [0, 0.05) is 19.3 Å². The summed E-state index contributed by atoms with van der Waals surface area (Å²) in [5, 5.41) is 17.0. The zero-order valence-corrected chi connectivity index (χ0v) is 38.4. The smallest absolute Gasteiger partial charge is 0.322 e. The topological polar surface area (TPSA) is 143 Å². The predicted molar refractivity (Wildman–Crippen MR) is 246 cm³/mol. The second-order valence-electron chi connectivity index (χ2n) is 15.4. The molecule has 1 aliphatic rings. The fraction of sp³-hybridized carbons (Fsp3) is 0.673. The van der Waals surface area contributed by atoms with Crippen molar-refractivity contribution in [1.29, 1.82) is 0 Å². The number of carbonyl (C=O) groups is 4. The standard InChI is InChI=1S/2C18H30O2.C13H24N2O5/c2*1-2-3-4-5-6-7-8-9-10-11-12-13-14-15-16-17-18(19)20;1-14(2)7-11(16)18-9-10-5-6-13(19-10)20-12(17)8-15(3)4/h2*3-4,6-7,9-10H,2,5,8,11-17H2,1H3,(H,19,20);10,13H,5-9H2,1-4H3/b2*4-3-,7-6-,10-9-;/t;;10-,13-/m..0/s1. The zero-order valence-electron chi connectivity index (χ0n) is 38.4. The first-order valence-electron chi connectivity index (χ1n) is 22.5. The molecular weight excluding hydrogens is 761 g/mol. The van der Waals surface area contributed by atoms with E-state index < -0.39 is 18.2 Å². The van der Waals surface area contributed by atoms with Crippen molar-refractivity contribution in [2.75, 3.05) is 47.9 Å². The van der Waals surface area contributed by atoms with Gasteiger partial charge in [0.1, 0.15) is 6.61 Å². The van der Waals surface area contributed by atoms with Crippen LogP contribution in [0.1, 0.15) is 155 Å². The minimum Gasteiger partial charge on any atom is -0.481 e. The van der Waals surface area contributed by atoms with Crippen molar-refractivity contribution < 1.29 is 43.6 Å². The average Bonchev–Trinajstić information content (AvgIpc) is 3.63. The quantitative estimate of drug-likeness (QED) is 0.0370. The molecule has 0 aliphatic carbocycles. The molecule has 0 aromatic rings. The first-order valence-corrected chi connectivity index (χ1v) is 22.5. The van der Waals surface area contributed by atoms with Crippen LogP contribution in [0.5, 0.6) is 0 Å². The summed E-state index contributed by atoms with van der Waals surface area (Å²) in [4.78, 5) is 47.0. The lowest BCUT2D eigenvalue weighted by atomic mass is 10.1. The molecular formula is C49H84N2O9. The molecule has 1 rings (SSSR count). The number of ether oxygens (including phenoxy) is 3. The fourth-order valence-electron chi connectivity index (χ4n) is 5.60. The number of hydrogen-bond donors (Lipinski definition) is 2. The van der Waals surface area contributed by atoms with E-state index in [1.807, 2.05) is 0 Å². The number of rotatable bonds is 33. The molecule has 0 saturated carbocycles. The van der Waals surface area contributed by atoms with E-state index in [0.717, 1.165) is 96.3 Å². The SMILES string of the molecule is CC/C=C\C/C=C\C/C=C\CCCCCCCC(=O)O.CC/C=C\C/C=C\C/C=C\CCCCCCCC(=O)O.CN(C)CC(=O)OC[C@@H]1CC[C@H](OC(=O)CN(C)C)O1. The Kier molecular flexibility index (Phi) is 43.5.